The summed E-state index contributed by atoms with van der Waals surface area (Å²) in [7, 11) is 0. The van der Waals surface area contributed by atoms with Crippen LogP contribution < -0.4 is 5.32 Å². The largest absolute Gasteiger partial charge is 0.340 e. The summed E-state index contributed by atoms with van der Waals surface area (Å²) < 4.78 is 0. The van der Waals surface area contributed by atoms with Crippen molar-refractivity contribution in [3.05, 3.63) is 0 Å². The van der Waals surface area contributed by atoms with Crippen molar-refractivity contribution < 1.29 is 4.79 Å². The van der Waals surface area contributed by atoms with Gasteiger partial charge in [-0.1, -0.05) is 20.8 Å². The first-order valence-corrected chi connectivity index (χ1v) is 5.82. The maximum atomic E-state index is 12.0. The van der Waals surface area contributed by atoms with Crippen molar-refractivity contribution in [3.63, 3.8) is 0 Å². The number of nitrogens with zero attached hydrogens (tertiary/aromatic N) is 1. The molecule has 1 heterocycles. The Bertz CT molecular complexity index is 222. The van der Waals surface area contributed by atoms with E-state index < -0.39 is 0 Å². The zero-order valence-corrected chi connectivity index (χ0v) is 10.6. The van der Waals surface area contributed by atoms with Crippen LogP contribution in [-0.2, 0) is 4.79 Å². The molecule has 1 N–H and O–H groups in total. The van der Waals surface area contributed by atoms with Crippen LogP contribution in [0.3, 0.4) is 0 Å². The number of nitrogens with one attached hydrogen (secondary N) is 1. The second kappa shape index (κ2) is 4.52. The second-order valence-corrected chi connectivity index (χ2v) is 6.00. The standard InChI is InChI=1S/C12H24N2O/c1-9-7-14(8-10(2)13-9)11(15)6-12(3,4)5/h9-10,13H,6-8H2,1-5H3. The third-order valence-corrected chi connectivity index (χ3v) is 2.59. The zero-order valence-electron chi connectivity index (χ0n) is 10.6. The molecule has 15 heavy (non-hydrogen) atoms. The summed E-state index contributed by atoms with van der Waals surface area (Å²) in [6, 6.07) is 0.829. The SMILES string of the molecule is CC1CN(C(=O)CC(C)(C)C)CC(C)N1. The van der Waals surface area contributed by atoms with Crippen molar-refractivity contribution in [3.8, 4) is 0 Å². The molecule has 1 rings (SSSR count). The molecule has 0 radical (unpaired) electrons. The average molecular weight is 212 g/mol. The lowest BCUT2D eigenvalue weighted by atomic mass is 9.91. The lowest BCUT2D eigenvalue weighted by Crippen LogP contribution is -2.56. The van der Waals surface area contributed by atoms with E-state index in [1.54, 1.807) is 0 Å². The molecule has 0 bridgehead atoms. The van der Waals surface area contributed by atoms with Crippen LogP contribution in [0.1, 0.15) is 41.0 Å². The highest BCUT2D eigenvalue weighted by atomic mass is 16.2. The Kier molecular flexibility index (Phi) is 3.77. The van der Waals surface area contributed by atoms with Crippen molar-refractivity contribution in [1.29, 1.82) is 0 Å². The van der Waals surface area contributed by atoms with Gasteiger partial charge in [0.25, 0.3) is 0 Å². The van der Waals surface area contributed by atoms with Crippen LogP contribution in [0.5, 0.6) is 0 Å². The smallest absolute Gasteiger partial charge is 0.223 e. The Hall–Kier alpha value is -0.570. The number of carbonyl (C=O) groups is 1. The molecule has 1 saturated heterocycles. The number of hydrogen-bond acceptors (Lipinski definition) is 2. The van der Waals surface area contributed by atoms with Crippen LogP contribution in [0.2, 0.25) is 0 Å². The summed E-state index contributed by atoms with van der Waals surface area (Å²) in [6.45, 7) is 12.3. The number of amides is 1. The van der Waals surface area contributed by atoms with Gasteiger partial charge in [0.15, 0.2) is 0 Å². The first kappa shape index (κ1) is 12.5. The van der Waals surface area contributed by atoms with Crippen LogP contribution in [0.15, 0.2) is 0 Å². The Balaban J connectivity index is 2.52. The number of rotatable bonds is 1. The number of carbonyl (C=O) groups excluding carboxylic acids is 1. The molecule has 1 aliphatic heterocycles. The van der Waals surface area contributed by atoms with Crippen molar-refractivity contribution in [2.75, 3.05) is 13.1 Å². The quantitative estimate of drug-likeness (QED) is 0.716. The minimum atomic E-state index is 0.0917. The van der Waals surface area contributed by atoms with E-state index in [1.165, 1.54) is 0 Å². The summed E-state index contributed by atoms with van der Waals surface area (Å²) in [5.74, 6) is 0.294. The van der Waals surface area contributed by atoms with Gasteiger partial charge in [0, 0.05) is 31.6 Å². The lowest BCUT2D eigenvalue weighted by molar-refractivity contribution is -0.134. The summed E-state index contributed by atoms with van der Waals surface area (Å²) in [6.07, 6.45) is 0.645. The van der Waals surface area contributed by atoms with Gasteiger partial charge in [-0.2, -0.15) is 0 Å². The predicted molar refractivity (Wildman–Crippen MR) is 62.7 cm³/mol. The van der Waals surface area contributed by atoms with E-state index in [0.29, 0.717) is 24.4 Å². The molecule has 3 nitrogen and oxygen atoms in total. The fourth-order valence-electron chi connectivity index (χ4n) is 2.10. The molecule has 0 saturated carbocycles. The fraction of sp³-hybridized carbons (Fsp3) is 0.917. The summed E-state index contributed by atoms with van der Waals surface area (Å²) in [5.41, 5.74) is 0.0917. The van der Waals surface area contributed by atoms with E-state index in [0.717, 1.165) is 13.1 Å². The monoisotopic (exact) mass is 212 g/mol. The van der Waals surface area contributed by atoms with Gasteiger partial charge in [0.1, 0.15) is 0 Å². The molecule has 2 atom stereocenters. The molecular weight excluding hydrogens is 188 g/mol. The summed E-state index contributed by atoms with van der Waals surface area (Å²) in [4.78, 5) is 14.0. The molecule has 0 aliphatic carbocycles. The highest BCUT2D eigenvalue weighted by molar-refractivity contribution is 5.77. The average Bonchev–Trinajstić information content (AvgIpc) is 1.98. The van der Waals surface area contributed by atoms with Gasteiger partial charge < -0.3 is 10.2 Å². The molecule has 3 heteroatoms. The molecule has 1 amide bonds. The van der Waals surface area contributed by atoms with Gasteiger partial charge >= 0.3 is 0 Å². The minimum absolute atomic E-state index is 0.0917. The highest BCUT2D eigenvalue weighted by Gasteiger charge is 2.27. The normalized spacial score (nSPS) is 27.9. The van der Waals surface area contributed by atoms with Gasteiger partial charge in [0.05, 0.1) is 0 Å². The van der Waals surface area contributed by atoms with Gasteiger partial charge in [0.2, 0.25) is 5.91 Å². The van der Waals surface area contributed by atoms with Crippen LogP contribution in [0.4, 0.5) is 0 Å². The van der Waals surface area contributed by atoms with Crippen LogP contribution in [0, 0.1) is 5.41 Å². The van der Waals surface area contributed by atoms with E-state index in [1.807, 2.05) is 4.90 Å². The Morgan fingerprint density at radius 2 is 1.73 bits per heavy atom. The van der Waals surface area contributed by atoms with Crippen LogP contribution in [-0.4, -0.2) is 36.0 Å². The van der Waals surface area contributed by atoms with Crippen molar-refractivity contribution in [1.82, 2.24) is 10.2 Å². The van der Waals surface area contributed by atoms with Gasteiger partial charge in [-0.25, -0.2) is 0 Å². The van der Waals surface area contributed by atoms with E-state index in [2.05, 4.69) is 39.9 Å². The third-order valence-electron chi connectivity index (χ3n) is 2.59. The first-order valence-electron chi connectivity index (χ1n) is 5.82. The summed E-state index contributed by atoms with van der Waals surface area (Å²) in [5, 5.41) is 3.43. The Morgan fingerprint density at radius 3 is 2.13 bits per heavy atom. The van der Waals surface area contributed by atoms with Crippen LogP contribution >= 0.6 is 0 Å². The van der Waals surface area contributed by atoms with Gasteiger partial charge in [-0.15, -0.1) is 0 Å². The van der Waals surface area contributed by atoms with Crippen molar-refractivity contribution in [2.24, 2.45) is 5.41 Å². The van der Waals surface area contributed by atoms with Crippen LogP contribution in [0.25, 0.3) is 0 Å². The molecule has 0 aromatic carbocycles. The van der Waals surface area contributed by atoms with Crippen molar-refractivity contribution >= 4 is 5.91 Å². The van der Waals surface area contributed by atoms with Gasteiger partial charge in [-0.05, 0) is 19.3 Å². The topological polar surface area (TPSA) is 32.3 Å². The predicted octanol–water partition coefficient (Wildman–Crippen LogP) is 1.63. The molecule has 0 aromatic heterocycles. The lowest BCUT2D eigenvalue weighted by Gasteiger charge is -2.37. The Labute approximate surface area is 93.2 Å². The third kappa shape index (κ3) is 4.20. The molecule has 0 aromatic rings. The highest BCUT2D eigenvalue weighted by Crippen LogP contribution is 2.20. The zero-order chi connectivity index (χ0) is 11.6. The fourth-order valence-corrected chi connectivity index (χ4v) is 2.10. The molecule has 0 spiro atoms. The van der Waals surface area contributed by atoms with Crippen molar-refractivity contribution in [2.45, 2.75) is 53.1 Å². The number of piperazine rings is 1. The van der Waals surface area contributed by atoms with E-state index >= 15 is 0 Å². The van der Waals surface area contributed by atoms with E-state index in [4.69, 9.17) is 0 Å². The molecule has 1 aliphatic rings. The van der Waals surface area contributed by atoms with E-state index in [-0.39, 0.29) is 5.41 Å². The maximum absolute atomic E-state index is 12.0. The maximum Gasteiger partial charge on any atom is 0.223 e. The second-order valence-electron chi connectivity index (χ2n) is 6.00. The first-order chi connectivity index (χ1) is 6.78. The number of hydrogen-bond donors (Lipinski definition) is 1. The van der Waals surface area contributed by atoms with Gasteiger partial charge in [-0.3, -0.25) is 4.79 Å². The molecular formula is C12H24N2O. The minimum Gasteiger partial charge on any atom is -0.340 e. The molecule has 2 unspecified atom stereocenters. The van der Waals surface area contributed by atoms with E-state index in [9.17, 15) is 4.79 Å². The Morgan fingerprint density at radius 1 is 1.27 bits per heavy atom. The summed E-state index contributed by atoms with van der Waals surface area (Å²) >= 11 is 0. The molecule has 88 valence electrons. The molecule has 1 fully saturated rings.